The molecule has 0 amide bonds. The van der Waals surface area contributed by atoms with Crippen LogP contribution in [0.3, 0.4) is 0 Å². The molecule has 1 fully saturated rings. The van der Waals surface area contributed by atoms with Crippen molar-refractivity contribution in [3.8, 4) is 0 Å². The lowest BCUT2D eigenvalue weighted by atomic mass is 9.82. The van der Waals surface area contributed by atoms with Crippen molar-refractivity contribution in [2.45, 2.75) is 58.0 Å². The van der Waals surface area contributed by atoms with E-state index in [9.17, 15) is 10.1 Å². The maximum Gasteiger partial charge on any atom is 0.269 e. The van der Waals surface area contributed by atoms with Crippen molar-refractivity contribution in [2.24, 2.45) is 5.92 Å². The van der Waals surface area contributed by atoms with Crippen LogP contribution in [0.25, 0.3) is 0 Å². The lowest BCUT2D eigenvalue weighted by molar-refractivity contribution is -0.384. The molecule has 1 aliphatic carbocycles. The molecule has 4 nitrogen and oxygen atoms in total. The van der Waals surface area contributed by atoms with Gasteiger partial charge in [0.15, 0.2) is 0 Å². The van der Waals surface area contributed by atoms with Crippen molar-refractivity contribution < 1.29 is 4.92 Å². The van der Waals surface area contributed by atoms with Gasteiger partial charge in [0.1, 0.15) is 0 Å². The molecule has 0 radical (unpaired) electrons. The molecule has 1 aromatic carbocycles. The molecule has 3 unspecified atom stereocenters. The summed E-state index contributed by atoms with van der Waals surface area (Å²) >= 11 is 0. The Hall–Kier alpha value is -1.42. The van der Waals surface area contributed by atoms with Gasteiger partial charge in [-0.2, -0.15) is 0 Å². The van der Waals surface area contributed by atoms with Gasteiger partial charge in [0.05, 0.1) is 4.92 Å². The van der Waals surface area contributed by atoms with Crippen LogP contribution < -0.4 is 5.32 Å². The van der Waals surface area contributed by atoms with E-state index >= 15 is 0 Å². The minimum atomic E-state index is -0.328. The van der Waals surface area contributed by atoms with Gasteiger partial charge in [0.2, 0.25) is 0 Å². The van der Waals surface area contributed by atoms with E-state index in [2.05, 4.69) is 19.2 Å². The van der Waals surface area contributed by atoms with E-state index in [1.54, 1.807) is 18.2 Å². The van der Waals surface area contributed by atoms with Gasteiger partial charge in [-0.25, -0.2) is 0 Å². The molecule has 3 atom stereocenters. The smallest absolute Gasteiger partial charge is 0.269 e. The monoisotopic (exact) mass is 276 g/mol. The van der Waals surface area contributed by atoms with E-state index in [-0.39, 0.29) is 16.7 Å². The van der Waals surface area contributed by atoms with Crippen LogP contribution in [0, 0.1) is 16.0 Å². The molecule has 0 aromatic heterocycles. The molecule has 1 saturated carbocycles. The number of nitro benzene ring substituents is 1. The van der Waals surface area contributed by atoms with Crippen molar-refractivity contribution in [2.75, 3.05) is 0 Å². The third-order valence-electron chi connectivity index (χ3n) is 4.48. The summed E-state index contributed by atoms with van der Waals surface area (Å²) in [5.41, 5.74) is 1.17. The first-order valence-corrected chi connectivity index (χ1v) is 7.62. The maximum atomic E-state index is 10.8. The number of benzene rings is 1. The predicted molar refractivity (Wildman–Crippen MR) is 80.7 cm³/mol. The summed E-state index contributed by atoms with van der Waals surface area (Å²) in [6, 6.07) is 7.67. The van der Waals surface area contributed by atoms with Crippen LogP contribution in [0.4, 0.5) is 5.69 Å². The highest BCUT2D eigenvalue weighted by Gasteiger charge is 2.25. The van der Waals surface area contributed by atoms with Crippen LogP contribution in [0.5, 0.6) is 0 Å². The summed E-state index contributed by atoms with van der Waals surface area (Å²) in [4.78, 5) is 10.5. The minimum Gasteiger partial charge on any atom is -0.307 e. The molecular formula is C16H24N2O2. The Bertz CT molecular complexity index is 462. The Kier molecular flexibility index (Phi) is 5.12. The van der Waals surface area contributed by atoms with E-state index in [0.29, 0.717) is 6.04 Å². The van der Waals surface area contributed by atoms with E-state index in [0.717, 1.165) is 11.5 Å². The van der Waals surface area contributed by atoms with Crippen molar-refractivity contribution >= 4 is 5.69 Å². The van der Waals surface area contributed by atoms with Crippen LogP contribution >= 0.6 is 0 Å². The summed E-state index contributed by atoms with van der Waals surface area (Å²) in [5, 5.41) is 14.5. The molecule has 20 heavy (non-hydrogen) atoms. The molecule has 1 aromatic rings. The Morgan fingerprint density at radius 1 is 1.40 bits per heavy atom. The fourth-order valence-electron chi connectivity index (χ4n) is 3.24. The fraction of sp³-hybridized carbons (Fsp3) is 0.625. The number of rotatable bonds is 5. The standard InChI is InChI=1S/C16H24N2O2/c1-3-13-7-4-5-10-16(13)17-12(2)14-8-6-9-15(11-14)18(19)20/h6,8-9,11-13,16-17H,3-5,7,10H2,1-2H3. The Morgan fingerprint density at radius 3 is 2.85 bits per heavy atom. The first-order valence-electron chi connectivity index (χ1n) is 7.62. The number of non-ortho nitro benzene ring substituents is 1. The number of hydrogen-bond donors (Lipinski definition) is 1. The van der Waals surface area contributed by atoms with Crippen LogP contribution in [0.1, 0.15) is 57.6 Å². The van der Waals surface area contributed by atoms with Gasteiger partial charge in [0.25, 0.3) is 5.69 Å². The van der Waals surface area contributed by atoms with Gasteiger partial charge in [0, 0.05) is 24.2 Å². The Labute approximate surface area is 120 Å². The van der Waals surface area contributed by atoms with E-state index in [4.69, 9.17) is 0 Å². The van der Waals surface area contributed by atoms with Gasteiger partial charge in [-0.1, -0.05) is 38.3 Å². The predicted octanol–water partition coefficient (Wildman–Crippen LogP) is 4.21. The number of nitrogens with zero attached hydrogens (tertiary/aromatic N) is 1. The highest BCUT2D eigenvalue weighted by atomic mass is 16.6. The minimum absolute atomic E-state index is 0.159. The molecule has 0 aliphatic heterocycles. The number of nitro groups is 1. The highest BCUT2D eigenvalue weighted by molar-refractivity contribution is 5.35. The first-order chi connectivity index (χ1) is 9.61. The van der Waals surface area contributed by atoms with E-state index in [1.807, 2.05) is 6.07 Å². The van der Waals surface area contributed by atoms with E-state index < -0.39 is 0 Å². The Morgan fingerprint density at radius 2 is 2.15 bits per heavy atom. The summed E-state index contributed by atoms with van der Waals surface area (Å²) in [6.07, 6.45) is 6.35. The molecular weight excluding hydrogens is 252 g/mol. The van der Waals surface area contributed by atoms with E-state index in [1.165, 1.54) is 32.1 Å². The second kappa shape index (κ2) is 6.84. The third-order valence-corrected chi connectivity index (χ3v) is 4.48. The molecule has 0 saturated heterocycles. The normalized spacial score (nSPS) is 24.3. The second-order valence-electron chi connectivity index (χ2n) is 5.80. The Balaban J connectivity index is 2.05. The molecule has 4 heteroatoms. The third kappa shape index (κ3) is 3.57. The summed E-state index contributed by atoms with van der Waals surface area (Å²) in [5.74, 6) is 0.741. The van der Waals surface area contributed by atoms with Gasteiger partial charge in [-0.05, 0) is 31.2 Å². The van der Waals surface area contributed by atoms with Gasteiger partial charge >= 0.3 is 0 Å². The lowest BCUT2D eigenvalue weighted by Gasteiger charge is -2.34. The zero-order valence-corrected chi connectivity index (χ0v) is 12.3. The zero-order chi connectivity index (χ0) is 14.5. The van der Waals surface area contributed by atoms with Crippen LogP contribution in [0.15, 0.2) is 24.3 Å². The lowest BCUT2D eigenvalue weighted by Crippen LogP contribution is -2.39. The van der Waals surface area contributed by atoms with Crippen LogP contribution in [-0.2, 0) is 0 Å². The quantitative estimate of drug-likeness (QED) is 0.647. The largest absolute Gasteiger partial charge is 0.307 e. The zero-order valence-electron chi connectivity index (χ0n) is 12.3. The summed E-state index contributed by atoms with van der Waals surface area (Å²) in [6.45, 7) is 4.35. The molecule has 1 N–H and O–H groups in total. The molecule has 0 spiro atoms. The first kappa shape index (κ1) is 15.0. The van der Waals surface area contributed by atoms with Crippen LogP contribution in [0.2, 0.25) is 0 Å². The molecule has 0 bridgehead atoms. The van der Waals surface area contributed by atoms with Crippen molar-refractivity contribution in [1.82, 2.24) is 5.32 Å². The van der Waals surface area contributed by atoms with Crippen molar-refractivity contribution in [3.05, 3.63) is 39.9 Å². The molecule has 2 rings (SSSR count). The number of nitrogens with one attached hydrogen (secondary N) is 1. The van der Waals surface area contributed by atoms with Crippen molar-refractivity contribution in [1.29, 1.82) is 0 Å². The highest BCUT2D eigenvalue weighted by Crippen LogP contribution is 2.29. The van der Waals surface area contributed by atoms with Gasteiger partial charge in [-0.3, -0.25) is 10.1 Å². The van der Waals surface area contributed by atoms with Gasteiger partial charge < -0.3 is 5.32 Å². The maximum absolute atomic E-state index is 10.8. The fourth-order valence-corrected chi connectivity index (χ4v) is 3.24. The molecule has 110 valence electrons. The number of hydrogen-bond acceptors (Lipinski definition) is 3. The van der Waals surface area contributed by atoms with Gasteiger partial charge in [-0.15, -0.1) is 0 Å². The second-order valence-corrected chi connectivity index (χ2v) is 5.80. The SMILES string of the molecule is CCC1CCCCC1NC(C)c1cccc([N+](=O)[O-])c1. The summed E-state index contributed by atoms with van der Waals surface area (Å²) < 4.78 is 0. The molecule has 1 aliphatic rings. The van der Waals surface area contributed by atoms with Crippen molar-refractivity contribution in [3.63, 3.8) is 0 Å². The average molecular weight is 276 g/mol. The molecule has 0 heterocycles. The summed E-state index contributed by atoms with van der Waals surface area (Å²) in [7, 11) is 0. The topological polar surface area (TPSA) is 55.2 Å². The van der Waals surface area contributed by atoms with Crippen LogP contribution in [-0.4, -0.2) is 11.0 Å². The average Bonchev–Trinajstić information content (AvgIpc) is 2.48.